The molecule has 1 fully saturated rings. The van der Waals surface area contributed by atoms with E-state index in [4.69, 9.17) is 28.5 Å². The largest absolute Gasteiger partial charge is 0.480 e. The Morgan fingerprint density at radius 3 is 1.14 bits per heavy atom. The Labute approximate surface area is 451 Å². The van der Waals surface area contributed by atoms with Gasteiger partial charge in [-0.1, -0.05) is 13.8 Å². The number of rotatable bonds is 31. The van der Waals surface area contributed by atoms with Gasteiger partial charge in [0.1, 0.15) is 30.2 Å². The first-order valence-corrected chi connectivity index (χ1v) is 22.6. The van der Waals surface area contributed by atoms with E-state index < -0.39 is 184 Å². The second-order valence-electron chi connectivity index (χ2n) is 17.2. The number of carbonyl (C=O) groups excluding carboxylic acids is 10. The van der Waals surface area contributed by atoms with Crippen LogP contribution in [0.15, 0.2) is 0 Å². The molecule has 1 rings (SSSR count). The molecule has 73 heavy (non-hydrogen) atoms. The summed E-state index contributed by atoms with van der Waals surface area (Å²) in [7, 11) is 0. The fourth-order valence-electron chi connectivity index (χ4n) is 7.07. The third-order valence-corrected chi connectivity index (χ3v) is 10.8. The zero-order valence-corrected chi connectivity index (χ0v) is 42.7. The van der Waals surface area contributed by atoms with Crippen molar-refractivity contribution in [1.29, 1.82) is 0 Å². The van der Waals surface area contributed by atoms with Gasteiger partial charge >= 0.3 is 24.1 Å². The van der Waals surface area contributed by atoms with Gasteiger partial charge in [0.15, 0.2) is 0 Å². The van der Waals surface area contributed by atoms with E-state index in [1.54, 1.807) is 13.8 Å². The number of carboxylic acids is 3. The van der Waals surface area contributed by atoms with Crippen molar-refractivity contribution in [3.05, 3.63) is 5.53 Å². The van der Waals surface area contributed by atoms with Gasteiger partial charge in [-0.2, -0.15) is 4.79 Å². The number of aliphatic carboxylic acids is 3. The van der Waals surface area contributed by atoms with Gasteiger partial charge in [0.25, 0.3) is 0 Å². The van der Waals surface area contributed by atoms with E-state index in [-0.39, 0.29) is 92.3 Å². The van der Waals surface area contributed by atoms with Crippen molar-refractivity contribution in [2.24, 2.45) is 28.9 Å². The van der Waals surface area contributed by atoms with Gasteiger partial charge in [0.2, 0.25) is 58.9 Å². The molecule has 0 spiro atoms. The monoisotopic (exact) mass is 1180 g/mol. The van der Waals surface area contributed by atoms with Gasteiger partial charge in [-0.25, -0.2) is 0 Å². The summed E-state index contributed by atoms with van der Waals surface area (Å²) < 4.78 is 0. The van der Waals surface area contributed by atoms with E-state index in [0.717, 1.165) is 0 Å². The van der Waals surface area contributed by atoms with Crippen LogP contribution >= 0.6 is 0 Å². The SMILES string of the molecule is CC(C)C(NC(=O)C(CCC(N)=O)NC(=O)C(CCC(=O)C=[N+]=[N-])NC(=O)C(CCC(N)=O)NC(=O)C(CC(N)=O)NC(=O)CN1CCN(CC(=O)O)CCN(CC(=O)O)CCN(CC(=O)O)CC1)C(N)=O.[Gd]. The number of hydrogen-bond donors (Lipinski definition) is 12. The molecule has 410 valence electrons. The summed E-state index contributed by atoms with van der Waals surface area (Å²) in [5.74, 6) is -14.2. The predicted octanol–water partition coefficient (Wildman–Crippen LogP) is -7.92. The number of nitrogens with two attached hydrogens (primary N) is 4. The molecule has 0 aromatic carbocycles. The molecule has 1 aliphatic heterocycles. The molecule has 32 heteroatoms. The van der Waals surface area contributed by atoms with Gasteiger partial charge in [-0.05, 0) is 25.2 Å². The van der Waals surface area contributed by atoms with Crippen molar-refractivity contribution in [2.45, 2.75) is 89.0 Å². The van der Waals surface area contributed by atoms with E-state index in [2.05, 4.69) is 31.4 Å². The van der Waals surface area contributed by atoms with E-state index in [1.807, 2.05) is 0 Å². The maximum atomic E-state index is 14.0. The molecule has 5 unspecified atom stereocenters. The average Bonchev–Trinajstić information content (AvgIpc) is 3.26. The molecule has 0 saturated carbocycles. The van der Waals surface area contributed by atoms with Crippen LogP contribution in [-0.2, 0) is 62.3 Å². The van der Waals surface area contributed by atoms with Crippen LogP contribution < -0.4 is 49.5 Å². The molecule has 16 N–H and O–H groups in total. The summed E-state index contributed by atoms with van der Waals surface area (Å²) in [6, 6.07) is -8.15. The summed E-state index contributed by atoms with van der Waals surface area (Å²) in [4.78, 5) is 172. The smallest absolute Gasteiger partial charge is 0.323 e. The van der Waals surface area contributed by atoms with Crippen LogP contribution in [0.3, 0.4) is 0 Å². The van der Waals surface area contributed by atoms with Crippen LogP contribution in [0.4, 0.5) is 0 Å². The second-order valence-corrected chi connectivity index (χ2v) is 17.2. The van der Waals surface area contributed by atoms with E-state index in [9.17, 15) is 77.6 Å². The van der Waals surface area contributed by atoms with Crippen LogP contribution in [-0.4, -0.2) is 232 Å². The maximum Gasteiger partial charge on any atom is 0.323 e. The minimum atomic E-state index is -1.80. The third kappa shape index (κ3) is 29.2. The predicted molar refractivity (Wildman–Crippen MR) is 247 cm³/mol. The van der Waals surface area contributed by atoms with Crippen molar-refractivity contribution >= 4 is 83.1 Å². The molecule has 0 aromatic heterocycles. The zero-order valence-electron chi connectivity index (χ0n) is 40.5. The molecule has 0 aliphatic carbocycles. The number of primary amides is 4. The first kappa shape index (κ1) is 66.9. The molecule has 0 aromatic rings. The molecule has 5 atom stereocenters. The molecule has 1 saturated heterocycles. The number of Topliss-reactive ketones (excluding diaryl/α,β-unsaturated/α-hetero) is 1. The van der Waals surface area contributed by atoms with E-state index in [1.165, 1.54) is 19.6 Å². The summed E-state index contributed by atoms with van der Waals surface area (Å²) in [6.07, 6.45) is -3.47. The van der Waals surface area contributed by atoms with Crippen LogP contribution in [0.2, 0.25) is 0 Å². The molecule has 1 aliphatic rings. The number of amides is 9. The van der Waals surface area contributed by atoms with Gasteiger partial charge in [0, 0.05) is 112 Å². The number of nitrogens with one attached hydrogen (secondary N) is 5. The third-order valence-electron chi connectivity index (χ3n) is 10.8. The fraction of sp³-hybridized carbons (Fsp3) is 0.659. The Kier molecular flexibility index (Phi) is 32.1. The van der Waals surface area contributed by atoms with Crippen LogP contribution in [0.5, 0.6) is 0 Å². The molecular formula is C41H67GdN15O16. The standard InChI is InChI=1S/C41H67N15O16.Gd/c1-23(2)36(37(45)68)52-40(71)27(6-8-30(43)59)50-38(69)25(4-3-24(57)18-47-46)49-39(70)26(5-7-29(42)58)51-41(72)28(17-31(44)60)48-32(61)19-53-9-11-54(20-33(62)63)13-15-56(22-35(66)67)16-14-55(12-10-53)21-34(64)65;/h18,23,25-28,36H,3-17,19-22H2,1-2H3,(H2,42,58)(H2,43,59)(H2,44,60)(H2,45,68)(H,48,61)(H,49,70)(H,50,69)(H,51,72)(H,52,71)(H,62,63)(H,64,65)(H,66,67);. The Morgan fingerprint density at radius 2 is 0.836 bits per heavy atom. The number of carbonyl (C=O) groups is 13. The van der Waals surface area contributed by atoms with Crippen LogP contribution in [0.25, 0.3) is 5.53 Å². The molecule has 0 bridgehead atoms. The minimum absolute atomic E-state index is 0. The zero-order chi connectivity index (χ0) is 54.7. The van der Waals surface area contributed by atoms with Crippen molar-refractivity contribution in [3.63, 3.8) is 0 Å². The normalized spacial score (nSPS) is 16.0. The Morgan fingerprint density at radius 1 is 0.507 bits per heavy atom. The van der Waals surface area contributed by atoms with Gasteiger partial charge in [0.05, 0.1) is 32.6 Å². The molecule has 1 heterocycles. The van der Waals surface area contributed by atoms with Gasteiger partial charge in [-0.15, -0.1) is 0 Å². The number of carboxylic acid groups (broad SMARTS) is 3. The maximum absolute atomic E-state index is 14.0. The number of hydrogen-bond acceptors (Lipinski definition) is 17. The molecule has 0 radical (unpaired) electrons. The summed E-state index contributed by atoms with van der Waals surface area (Å²) in [6.45, 7) is 1.73. The summed E-state index contributed by atoms with van der Waals surface area (Å²) in [5.41, 5.74) is 30.3. The quantitative estimate of drug-likeness (QED) is 0.0174. The van der Waals surface area contributed by atoms with Crippen molar-refractivity contribution in [3.8, 4) is 0 Å². The first-order chi connectivity index (χ1) is 33.7. The second kappa shape index (κ2) is 35.1. The topological polar surface area (TPSA) is 496 Å². The van der Waals surface area contributed by atoms with Crippen LogP contribution in [0.1, 0.15) is 58.8 Å². The van der Waals surface area contributed by atoms with E-state index >= 15 is 0 Å². The van der Waals surface area contributed by atoms with E-state index in [0.29, 0.717) is 6.21 Å². The summed E-state index contributed by atoms with van der Waals surface area (Å²) in [5, 5.41) is 40.1. The molecule has 31 nitrogen and oxygen atoms in total. The molecular weight excluding hydrogens is 1120 g/mol. The summed E-state index contributed by atoms with van der Waals surface area (Å²) >= 11 is 0. The fourth-order valence-corrected chi connectivity index (χ4v) is 7.07. The minimum Gasteiger partial charge on any atom is -0.480 e. The Balaban J connectivity index is 0.0000518. The number of nitrogens with zero attached hydrogens (tertiary/aromatic N) is 6. The van der Waals surface area contributed by atoms with Gasteiger partial charge in [-0.3, -0.25) is 81.9 Å². The first-order valence-electron chi connectivity index (χ1n) is 22.6. The molecule has 9 amide bonds. The Hall–Kier alpha value is -6.15. The van der Waals surface area contributed by atoms with Crippen LogP contribution in [0, 0.1) is 45.9 Å². The van der Waals surface area contributed by atoms with Gasteiger partial charge < -0.3 is 70.4 Å². The van der Waals surface area contributed by atoms with Crippen molar-refractivity contribution < 1.29 is 122 Å². The number of ketones is 1. The van der Waals surface area contributed by atoms with Crippen molar-refractivity contribution in [2.75, 3.05) is 78.5 Å². The van der Waals surface area contributed by atoms with Crippen molar-refractivity contribution in [1.82, 2.24) is 46.2 Å². The average molecular weight is 1180 g/mol. The Bertz CT molecular complexity index is 2010.